The maximum absolute atomic E-state index is 13.6. The van der Waals surface area contributed by atoms with E-state index in [2.05, 4.69) is 4.98 Å². The molecule has 11 heteroatoms. The van der Waals surface area contributed by atoms with E-state index in [1.807, 2.05) is 0 Å². The van der Waals surface area contributed by atoms with E-state index in [1.54, 1.807) is 25.1 Å². The third-order valence-electron chi connectivity index (χ3n) is 6.35. The molecular weight excluding hydrogens is 446 g/mol. The summed E-state index contributed by atoms with van der Waals surface area (Å²) >= 11 is 0. The Kier molecular flexibility index (Phi) is 5.19. The minimum Gasteiger partial charge on any atom is -0.458 e. The molecule has 11 nitrogen and oxygen atoms in total. The Bertz CT molecular complexity index is 1420. The largest absolute Gasteiger partial charge is 0.458 e. The van der Waals surface area contributed by atoms with Crippen LogP contribution in [0.5, 0.6) is 0 Å². The number of pyridine rings is 2. The van der Waals surface area contributed by atoms with Crippen LogP contribution >= 0.6 is 0 Å². The number of carbonyl (C=O) groups is 1. The van der Waals surface area contributed by atoms with E-state index in [9.17, 15) is 24.8 Å². The first kappa shape index (κ1) is 22.1. The fourth-order valence-corrected chi connectivity index (χ4v) is 4.58. The molecule has 2 atom stereocenters. The SMILES string of the molecule is CC[C@@]1(O)C(=O)OCc2c1cc1n(c2=O)C(OCCOC)c2cc3c([N+](=O)[O-])cccc3nc2-1. The first-order chi connectivity index (χ1) is 16.3. The molecule has 2 aliphatic rings. The van der Waals surface area contributed by atoms with Crippen LogP contribution in [0.1, 0.15) is 36.3 Å². The number of nitro benzene ring substituents is 1. The fraction of sp³-hybridized carbons (Fsp3) is 0.348. The number of methoxy groups -OCH3 is 1. The van der Waals surface area contributed by atoms with Crippen LogP contribution in [0.25, 0.3) is 22.3 Å². The number of benzene rings is 1. The van der Waals surface area contributed by atoms with Gasteiger partial charge in [-0.25, -0.2) is 9.78 Å². The first-order valence-electron chi connectivity index (χ1n) is 10.7. The normalized spacial score (nSPS) is 20.6. The van der Waals surface area contributed by atoms with Crippen LogP contribution in [0.3, 0.4) is 0 Å². The van der Waals surface area contributed by atoms with Crippen LogP contribution in [-0.2, 0) is 31.2 Å². The minimum absolute atomic E-state index is 0.0136. The fourth-order valence-electron chi connectivity index (χ4n) is 4.58. The molecule has 1 unspecified atom stereocenters. The molecule has 0 fully saturated rings. The van der Waals surface area contributed by atoms with Crippen LogP contribution in [-0.4, -0.2) is 45.9 Å². The second kappa shape index (κ2) is 7.97. The van der Waals surface area contributed by atoms with Gasteiger partial charge in [-0.2, -0.15) is 0 Å². The number of rotatable bonds is 6. The number of hydrogen-bond donors (Lipinski definition) is 1. The molecule has 1 aromatic carbocycles. The summed E-state index contributed by atoms with van der Waals surface area (Å²) in [6, 6.07) is 7.73. The Hall–Kier alpha value is -3.67. The molecule has 0 bridgehead atoms. The predicted octanol–water partition coefficient (Wildman–Crippen LogP) is 2.15. The predicted molar refractivity (Wildman–Crippen MR) is 118 cm³/mol. The number of nitrogens with zero attached hydrogens (tertiary/aromatic N) is 3. The molecular formula is C23H21N3O8. The Balaban J connectivity index is 1.80. The van der Waals surface area contributed by atoms with E-state index in [-0.39, 0.29) is 43.1 Å². The van der Waals surface area contributed by atoms with Crippen molar-refractivity contribution >= 4 is 22.6 Å². The lowest BCUT2D eigenvalue weighted by Crippen LogP contribution is -2.44. The Morgan fingerprint density at radius 2 is 2.12 bits per heavy atom. The second-order valence-electron chi connectivity index (χ2n) is 8.13. The van der Waals surface area contributed by atoms with Crippen molar-refractivity contribution in [1.82, 2.24) is 9.55 Å². The van der Waals surface area contributed by atoms with Gasteiger partial charge in [0.05, 0.1) is 46.0 Å². The summed E-state index contributed by atoms with van der Waals surface area (Å²) in [5.74, 6) is -0.819. The summed E-state index contributed by atoms with van der Waals surface area (Å²) in [5, 5.41) is 22.9. The van der Waals surface area contributed by atoms with Gasteiger partial charge < -0.3 is 19.3 Å². The molecule has 3 aromatic rings. The molecule has 0 amide bonds. The highest BCUT2D eigenvalue weighted by molar-refractivity contribution is 5.91. The van der Waals surface area contributed by atoms with Gasteiger partial charge in [0.15, 0.2) is 11.8 Å². The van der Waals surface area contributed by atoms with Gasteiger partial charge in [-0.05, 0) is 24.6 Å². The zero-order valence-electron chi connectivity index (χ0n) is 18.4. The molecule has 176 valence electrons. The van der Waals surface area contributed by atoms with Gasteiger partial charge in [0.1, 0.15) is 6.61 Å². The Labute approximate surface area is 192 Å². The number of hydrogen-bond acceptors (Lipinski definition) is 9. The number of ether oxygens (including phenoxy) is 3. The number of non-ortho nitro benzene ring substituents is 1. The van der Waals surface area contributed by atoms with Crippen molar-refractivity contribution in [3.05, 3.63) is 67.5 Å². The first-order valence-corrected chi connectivity index (χ1v) is 10.7. The molecule has 2 aliphatic heterocycles. The standard InChI is InChI=1S/C23H21N3O8/c1-3-23(29)15-10-18-19-13(9-12-16(24-19)5-4-6-17(12)26(30)31)21(33-8-7-32-2)25(18)20(27)14(15)11-34-22(23)28/h4-6,9-10,21,29H,3,7-8,11H2,1-2H3/t21?,23-/m0/s1. The number of aromatic nitrogens is 2. The molecule has 2 aromatic heterocycles. The Morgan fingerprint density at radius 1 is 1.32 bits per heavy atom. The average molecular weight is 467 g/mol. The summed E-state index contributed by atoms with van der Waals surface area (Å²) in [7, 11) is 1.51. The number of esters is 1. The zero-order chi connectivity index (χ0) is 24.2. The topological polar surface area (TPSA) is 143 Å². The molecule has 5 rings (SSSR count). The smallest absolute Gasteiger partial charge is 0.343 e. The maximum Gasteiger partial charge on any atom is 0.343 e. The summed E-state index contributed by atoms with van der Waals surface area (Å²) in [6.07, 6.45) is -0.915. The summed E-state index contributed by atoms with van der Waals surface area (Å²) in [6.45, 7) is 1.75. The van der Waals surface area contributed by atoms with E-state index in [1.165, 1.54) is 23.8 Å². The van der Waals surface area contributed by atoms with Crippen LogP contribution in [0.4, 0.5) is 5.69 Å². The van der Waals surface area contributed by atoms with E-state index >= 15 is 0 Å². The Morgan fingerprint density at radius 3 is 2.82 bits per heavy atom. The van der Waals surface area contributed by atoms with E-state index in [0.29, 0.717) is 27.9 Å². The molecule has 34 heavy (non-hydrogen) atoms. The highest BCUT2D eigenvalue weighted by atomic mass is 16.6. The minimum atomic E-state index is -1.97. The molecule has 4 heterocycles. The monoisotopic (exact) mass is 467 g/mol. The highest BCUT2D eigenvalue weighted by Gasteiger charge is 2.46. The van der Waals surface area contributed by atoms with Gasteiger partial charge in [0, 0.05) is 24.3 Å². The molecule has 1 N–H and O–H groups in total. The van der Waals surface area contributed by atoms with Crippen molar-refractivity contribution in [1.29, 1.82) is 0 Å². The van der Waals surface area contributed by atoms with Crippen molar-refractivity contribution in [2.24, 2.45) is 0 Å². The van der Waals surface area contributed by atoms with Gasteiger partial charge in [-0.1, -0.05) is 13.0 Å². The van der Waals surface area contributed by atoms with Gasteiger partial charge in [-0.3, -0.25) is 19.5 Å². The molecule has 0 aliphatic carbocycles. The van der Waals surface area contributed by atoms with E-state index in [0.717, 1.165) is 0 Å². The number of nitro groups is 1. The van der Waals surface area contributed by atoms with Crippen LogP contribution in [0.15, 0.2) is 35.1 Å². The lowest BCUT2D eigenvalue weighted by Gasteiger charge is -2.32. The average Bonchev–Trinajstić information content (AvgIpc) is 3.13. The lowest BCUT2D eigenvalue weighted by molar-refractivity contribution is -0.383. The summed E-state index contributed by atoms with van der Waals surface area (Å²) in [4.78, 5) is 41.7. The number of carbonyl (C=O) groups excluding carboxylic acids is 1. The lowest BCUT2D eigenvalue weighted by atomic mass is 9.86. The van der Waals surface area contributed by atoms with Gasteiger partial charge >= 0.3 is 5.97 Å². The third-order valence-corrected chi connectivity index (χ3v) is 6.35. The third kappa shape index (κ3) is 3.05. The van der Waals surface area contributed by atoms with Gasteiger partial charge in [0.2, 0.25) is 0 Å². The number of cyclic esters (lactones) is 1. The second-order valence-corrected chi connectivity index (χ2v) is 8.13. The highest BCUT2D eigenvalue weighted by Crippen LogP contribution is 2.43. The molecule has 0 spiro atoms. The van der Waals surface area contributed by atoms with Crippen LogP contribution < -0.4 is 5.56 Å². The van der Waals surface area contributed by atoms with Gasteiger partial charge in [-0.15, -0.1) is 0 Å². The number of fused-ring (bicyclic) bond motifs is 5. The summed E-state index contributed by atoms with van der Waals surface area (Å²) in [5.41, 5.74) is -0.701. The van der Waals surface area contributed by atoms with E-state index < -0.39 is 28.3 Å². The van der Waals surface area contributed by atoms with Crippen LogP contribution in [0, 0.1) is 10.1 Å². The molecule has 0 radical (unpaired) electrons. The number of aliphatic hydroxyl groups is 1. The van der Waals surface area contributed by atoms with Crippen LogP contribution in [0.2, 0.25) is 0 Å². The van der Waals surface area contributed by atoms with Crippen molar-refractivity contribution in [2.75, 3.05) is 20.3 Å². The summed E-state index contributed by atoms with van der Waals surface area (Å²) < 4.78 is 17.5. The molecule has 0 saturated carbocycles. The quantitative estimate of drug-likeness (QED) is 0.250. The van der Waals surface area contributed by atoms with Crippen molar-refractivity contribution in [3.8, 4) is 11.4 Å². The molecule has 0 saturated heterocycles. The van der Waals surface area contributed by atoms with Crippen molar-refractivity contribution in [2.45, 2.75) is 31.8 Å². The maximum atomic E-state index is 13.6. The van der Waals surface area contributed by atoms with Crippen molar-refractivity contribution in [3.63, 3.8) is 0 Å². The van der Waals surface area contributed by atoms with Gasteiger partial charge in [0.25, 0.3) is 11.2 Å². The zero-order valence-corrected chi connectivity index (χ0v) is 18.4. The van der Waals surface area contributed by atoms with E-state index in [4.69, 9.17) is 14.2 Å². The van der Waals surface area contributed by atoms with Crippen molar-refractivity contribution < 1.29 is 29.0 Å².